The number of hydrazine groups is 1. The van der Waals surface area contributed by atoms with Crippen LogP contribution in [-0.4, -0.2) is 47.8 Å². The third-order valence-corrected chi connectivity index (χ3v) is 6.52. The SMILES string of the molecule is CCNc1ccc2c(c1)OC(C)(C)C1=CCN3CN(c4ccc(C(C)=O)cc4)CN3C12. The minimum atomic E-state index is -0.356. The summed E-state index contributed by atoms with van der Waals surface area (Å²) in [6.45, 7) is 11.4. The molecule has 0 saturated carbocycles. The molecule has 5 rings (SSSR count). The molecule has 1 unspecified atom stereocenters. The Bertz CT molecular complexity index is 1040. The number of anilines is 2. The molecule has 3 aliphatic rings. The highest BCUT2D eigenvalue weighted by molar-refractivity contribution is 5.94. The van der Waals surface area contributed by atoms with Gasteiger partial charge in [0.05, 0.1) is 19.4 Å². The first-order valence-corrected chi connectivity index (χ1v) is 11.0. The van der Waals surface area contributed by atoms with Gasteiger partial charge in [0.15, 0.2) is 5.78 Å². The summed E-state index contributed by atoms with van der Waals surface area (Å²) >= 11 is 0. The fourth-order valence-electron chi connectivity index (χ4n) is 4.94. The van der Waals surface area contributed by atoms with Crippen molar-refractivity contribution in [2.45, 2.75) is 39.3 Å². The van der Waals surface area contributed by atoms with Crippen molar-refractivity contribution in [1.29, 1.82) is 0 Å². The number of hydrogen-bond acceptors (Lipinski definition) is 6. The summed E-state index contributed by atoms with van der Waals surface area (Å²) in [5, 5.41) is 8.26. The number of benzene rings is 2. The Morgan fingerprint density at radius 1 is 1.16 bits per heavy atom. The molecule has 2 aromatic rings. The molecule has 162 valence electrons. The number of ketones is 1. The van der Waals surface area contributed by atoms with Crippen molar-refractivity contribution in [2.24, 2.45) is 0 Å². The molecule has 0 bridgehead atoms. The molecule has 1 atom stereocenters. The van der Waals surface area contributed by atoms with Gasteiger partial charge in [0, 0.05) is 41.7 Å². The summed E-state index contributed by atoms with van der Waals surface area (Å²) in [6.07, 6.45) is 2.34. The maximum atomic E-state index is 11.6. The van der Waals surface area contributed by atoms with Crippen molar-refractivity contribution in [2.75, 3.05) is 36.6 Å². The molecule has 1 saturated heterocycles. The first-order valence-electron chi connectivity index (χ1n) is 11.0. The molecule has 3 heterocycles. The Hall–Kier alpha value is -2.83. The molecule has 6 heteroatoms. The van der Waals surface area contributed by atoms with Crippen molar-refractivity contribution in [3.05, 3.63) is 65.2 Å². The van der Waals surface area contributed by atoms with Crippen molar-refractivity contribution in [3.8, 4) is 5.75 Å². The molecule has 31 heavy (non-hydrogen) atoms. The maximum Gasteiger partial charge on any atom is 0.159 e. The highest BCUT2D eigenvalue weighted by Crippen LogP contribution is 2.50. The van der Waals surface area contributed by atoms with E-state index in [1.807, 2.05) is 12.1 Å². The van der Waals surface area contributed by atoms with Crippen LogP contribution in [0.5, 0.6) is 5.75 Å². The lowest BCUT2D eigenvalue weighted by atomic mass is 9.82. The Morgan fingerprint density at radius 3 is 2.65 bits per heavy atom. The Kier molecular flexibility index (Phi) is 4.79. The van der Waals surface area contributed by atoms with Crippen LogP contribution in [0.15, 0.2) is 54.1 Å². The Morgan fingerprint density at radius 2 is 1.94 bits per heavy atom. The fraction of sp³-hybridized carbons (Fsp3) is 0.400. The van der Waals surface area contributed by atoms with Gasteiger partial charge >= 0.3 is 0 Å². The van der Waals surface area contributed by atoms with Gasteiger partial charge in [-0.25, -0.2) is 10.0 Å². The quantitative estimate of drug-likeness (QED) is 0.586. The highest BCUT2D eigenvalue weighted by Gasteiger charge is 2.47. The molecule has 3 aliphatic heterocycles. The topological polar surface area (TPSA) is 48.1 Å². The van der Waals surface area contributed by atoms with Crippen LogP contribution < -0.4 is 15.0 Å². The van der Waals surface area contributed by atoms with Crippen LogP contribution in [0.3, 0.4) is 0 Å². The molecule has 6 nitrogen and oxygen atoms in total. The van der Waals surface area contributed by atoms with Crippen LogP contribution in [0.1, 0.15) is 49.7 Å². The van der Waals surface area contributed by atoms with Crippen LogP contribution >= 0.6 is 0 Å². The third kappa shape index (κ3) is 3.40. The molecule has 2 aromatic carbocycles. The monoisotopic (exact) mass is 418 g/mol. The van der Waals surface area contributed by atoms with Gasteiger partial charge in [0.25, 0.3) is 0 Å². The first kappa shape index (κ1) is 20.1. The van der Waals surface area contributed by atoms with E-state index >= 15 is 0 Å². The van der Waals surface area contributed by atoms with Gasteiger partial charge in [-0.1, -0.05) is 12.1 Å². The average molecular weight is 419 g/mol. The number of fused-ring (bicyclic) bond motifs is 5. The lowest BCUT2D eigenvalue weighted by Gasteiger charge is -2.48. The summed E-state index contributed by atoms with van der Waals surface area (Å²) in [4.78, 5) is 14.0. The van der Waals surface area contributed by atoms with E-state index in [9.17, 15) is 4.79 Å². The standard InChI is InChI=1S/C25H30N4O2/c1-5-26-19-8-11-21-23(14-19)31-25(3,4)22-12-13-28-15-27(16-29(28)24(21)22)20-9-6-18(7-10-20)17(2)30/h6-12,14,24,26H,5,13,15-16H2,1-4H3. The summed E-state index contributed by atoms with van der Waals surface area (Å²) in [6, 6.07) is 14.6. The van der Waals surface area contributed by atoms with E-state index in [4.69, 9.17) is 4.74 Å². The predicted octanol–water partition coefficient (Wildman–Crippen LogP) is 4.43. The second-order valence-corrected chi connectivity index (χ2v) is 9.01. The number of Topliss-reactive ketones (excluding diaryl/α,β-unsaturated/α-hetero) is 1. The van der Waals surface area contributed by atoms with Gasteiger partial charge < -0.3 is 15.0 Å². The Labute approximate surface area is 184 Å². The van der Waals surface area contributed by atoms with E-state index in [0.29, 0.717) is 0 Å². The zero-order chi connectivity index (χ0) is 21.8. The van der Waals surface area contributed by atoms with E-state index in [2.05, 4.69) is 77.4 Å². The van der Waals surface area contributed by atoms with Gasteiger partial charge in [0.2, 0.25) is 0 Å². The molecule has 0 amide bonds. The third-order valence-electron chi connectivity index (χ3n) is 6.52. The smallest absolute Gasteiger partial charge is 0.159 e. The van der Waals surface area contributed by atoms with Gasteiger partial charge in [-0.15, -0.1) is 0 Å². The van der Waals surface area contributed by atoms with Crippen LogP contribution in [0.2, 0.25) is 0 Å². The minimum absolute atomic E-state index is 0.0981. The highest BCUT2D eigenvalue weighted by atomic mass is 16.5. The van der Waals surface area contributed by atoms with Gasteiger partial charge in [-0.3, -0.25) is 4.79 Å². The van der Waals surface area contributed by atoms with Crippen LogP contribution in [-0.2, 0) is 0 Å². The van der Waals surface area contributed by atoms with Crippen LogP contribution in [0.4, 0.5) is 11.4 Å². The van der Waals surface area contributed by atoms with Crippen molar-refractivity contribution < 1.29 is 9.53 Å². The number of hydrogen-bond donors (Lipinski definition) is 1. The second kappa shape index (κ2) is 7.39. The lowest BCUT2D eigenvalue weighted by molar-refractivity contribution is -0.0296. The summed E-state index contributed by atoms with van der Waals surface area (Å²) in [5.74, 6) is 1.05. The minimum Gasteiger partial charge on any atom is -0.483 e. The normalized spacial score (nSPS) is 22.1. The second-order valence-electron chi connectivity index (χ2n) is 9.01. The number of carbonyl (C=O) groups is 1. The van der Waals surface area contributed by atoms with Crippen LogP contribution in [0.25, 0.3) is 0 Å². The molecule has 0 radical (unpaired) electrons. The average Bonchev–Trinajstić information content (AvgIpc) is 3.18. The first-order chi connectivity index (χ1) is 14.9. The fourth-order valence-corrected chi connectivity index (χ4v) is 4.94. The molecular weight excluding hydrogens is 388 g/mol. The predicted molar refractivity (Wildman–Crippen MR) is 123 cm³/mol. The van der Waals surface area contributed by atoms with E-state index in [1.165, 1.54) is 11.1 Å². The molecule has 1 N–H and O–H groups in total. The summed E-state index contributed by atoms with van der Waals surface area (Å²) < 4.78 is 6.47. The van der Waals surface area contributed by atoms with E-state index < -0.39 is 0 Å². The Balaban J connectivity index is 1.48. The number of rotatable bonds is 4. The molecule has 0 spiro atoms. The molecule has 0 aliphatic carbocycles. The number of carbonyl (C=O) groups excluding carboxylic acids is 1. The number of ether oxygens (including phenoxy) is 1. The van der Waals surface area contributed by atoms with E-state index in [1.54, 1.807) is 6.92 Å². The van der Waals surface area contributed by atoms with Gasteiger partial charge in [0.1, 0.15) is 11.4 Å². The molecule has 1 fully saturated rings. The van der Waals surface area contributed by atoms with Crippen molar-refractivity contribution in [3.63, 3.8) is 0 Å². The zero-order valence-electron chi connectivity index (χ0n) is 18.7. The van der Waals surface area contributed by atoms with Crippen LogP contribution in [0, 0.1) is 0 Å². The zero-order valence-corrected chi connectivity index (χ0v) is 18.7. The summed E-state index contributed by atoms with van der Waals surface area (Å²) in [7, 11) is 0. The van der Waals surface area contributed by atoms with E-state index in [-0.39, 0.29) is 17.4 Å². The number of nitrogens with zero attached hydrogens (tertiary/aromatic N) is 3. The largest absolute Gasteiger partial charge is 0.483 e. The van der Waals surface area contributed by atoms with E-state index in [0.717, 1.165) is 49.1 Å². The number of nitrogens with one attached hydrogen (secondary N) is 1. The van der Waals surface area contributed by atoms with Crippen molar-refractivity contribution >= 4 is 17.2 Å². The summed E-state index contributed by atoms with van der Waals surface area (Å²) in [5.41, 5.74) is 5.15. The van der Waals surface area contributed by atoms with Gasteiger partial charge in [-0.2, -0.15) is 0 Å². The molecule has 0 aromatic heterocycles. The maximum absolute atomic E-state index is 11.6. The van der Waals surface area contributed by atoms with Gasteiger partial charge in [-0.05, 0) is 63.6 Å². The lowest BCUT2D eigenvalue weighted by Crippen LogP contribution is -2.51. The molecular formula is C25H30N4O2. The van der Waals surface area contributed by atoms with Crippen molar-refractivity contribution in [1.82, 2.24) is 10.0 Å².